The fourth-order valence-corrected chi connectivity index (χ4v) is 2.56. The summed E-state index contributed by atoms with van der Waals surface area (Å²) in [6.45, 7) is 4.65. The quantitative estimate of drug-likeness (QED) is 0.835. The van der Waals surface area contributed by atoms with Gasteiger partial charge >= 0.3 is 0 Å². The first-order valence-corrected chi connectivity index (χ1v) is 7.40. The van der Waals surface area contributed by atoms with Crippen molar-refractivity contribution in [3.63, 3.8) is 0 Å². The first-order chi connectivity index (χ1) is 9.70. The van der Waals surface area contributed by atoms with Crippen LogP contribution in [0, 0.1) is 0 Å². The maximum Gasteiger partial charge on any atom is 0.147 e. The molecule has 20 heavy (non-hydrogen) atoms. The number of hydrogen-bond donors (Lipinski definition) is 0. The smallest absolute Gasteiger partial charge is 0.147 e. The zero-order valence-corrected chi connectivity index (χ0v) is 12.5. The lowest BCUT2D eigenvalue weighted by Gasteiger charge is -2.11. The van der Waals surface area contributed by atoms with Crippen LogP contribution in [0.3, 0.4) is 0 Å². The van der Waals surface area contributed by atoms with Crippen molar-refractivity contribution in [1.82, 2.24) is 14.8 Å². The van der Waals surface area contributed by atoms with Crippen LogP contribution in [0.25, 0.3) is 11.3 Å². The van der Waals surface area contributed by atoms with Gasteiger partial charge in [-0.05, 0) is 38.8 Å². The highest BCUT2D eigenvalue weighted by molar-refractivity contribution is 6.33. The van der Waals surface area contributed by atoms with Gasteiger partial charge in [0.25, 0.3) is 0 Å². The van der Waals surface area contributed by atoms with E-state index in [1.54, 1.807) is 6.20 Å². The van der Waals surface area contributed by atoms with Crippen LogP contribution in [0.2, 0.25) is 5.02 Å². The lowest BCUT2D eigenvalue weighted by molar-refractivity contribution is 0.0157. The minimum absolute atomic E-state index is 0.0752. The summed E-state index contributed by atoms with van der Waals surface area (Å²) in [5.41, 5.74) is 2.94. The van der Waals surface area contributed by atoms with Crippen molar-refractivity contribution in [3.05, 3.63) is 35.2 Å². The summed E-state index contributed by atoms with van der Waals surface area (Å²) >= 11 is 6.28. The van der Waals surface area contributed by atoms with Crippen molar-refractivity contribution in [2.75, 3.05) is 6.61 Å². The van der Waals surface area contributed by atoms with E-state index in [0.717, 1.165) is 17.0 Å². The molecule has 1 atom stereocenters. The zero-order valence-electron chi connectivity index (χ0n) is 11.7. The number of nitrogens with zero attached hydrogens (tertiary/aromatic N) is 3. The monoisotopic (exact) mass is 291 g/mol. The van der Waals surface area contributed by atoms with Crippen LogP contribution < -0.4 is 0 Å². The molecule has 2 aromatic heterocycles. The van der Waals surface area contributed by atoms with Gasteiger partial charge in [0.05, 0.1) is 16.4 Å². The van der Waals surface area contributed by atoms with Gasteiger partial charge in [-0.25, -0.2) is 4.68 Å². The summed E-state index contributed by atoms with van der Waals surface area (Å²) < 4.78 is 7.48. The molecule has 1 aliphatic rings. The van der Waals surface area contributed by atoms with Gasteiger partial charge in [0.15, 0.2) is 0 Å². The van der Waals surface area contributed by atoms with E-state index in [1.807, 2.05) is 36.9 Å². The Morgan fingerprint density at radius 3 is 2.95 bits per heavy atom. The van der Waals surface area contributed by atoms with Crippen LogP contribution in [0.1, 0.15) is 44.5 Å². The molecule has 1 aliphatic carbocycles. The lowest BCUT2D eigenvalue weighted by atomic mass is 10.1. The fourth-order valence-electron chi connectivity index (χ4n) is 2.33. The summed E-state index contributed by atoms with van der Waals surface area (Å²) in [7, 11) is 0. The number of rotatable bonds is 5. The second-order valence-electron chi connectivity index (χ2n) is 5.07. The second kappa shape index (κ2) is 5.54. The maximum absolute atomic E-state index is 6.28. The van der Waals surface area contributed by atoms with E-state index < -0.39 is 0 Å². The van der Waals surface area contributed by atoms with Gasteiger partial charge in [0.1, 0.15) is 6.23 Å². The molecule has 5 heteroatoms. The van der Waals surface area contributed by atoms with E-state index in [1.165, 1.54) is 12.8 Å². The third kappa shape index (κ3) is 2.58. The van der Waals surface area contributed by atoms with Gasteiger partial charge in [-0.1, -0.05) is 11.6 Å². The molecule has 1 saturated carbocycles. The van der Waals surface area contributed by atoms with Gasteiger partial charge in [-0.15, -0.1) is 0 Å². The van der Waals surface area contributed by atoms with Crippen molar-refractivity contribution >= 4 is 11.6 Å². The van der Waals surface area contributed by atoms with Gasteiger partial charge in [-0.3, -0.25) is 4.98 Å². The Bertz CT molecular complexity index is 607. The third-order valence-electron chi connectivity index (χ3n) is 3.52. The van der Waals surface area contributed by atoms with E-state index in [2.05, 4.69) is 4.98 Å². The zero-order chi connectivity index (χ0) is 14.1. The second-order valence-corrected chi connectivity index (χ2v) is 5.48. The summed E-state index contributed by atoms with van der Waals surface area (Å²) in [6, 6.07) is 3.71. The van der Waals surface area contributed by atoms with E-state index in [-0.39, 0.29) is 6.23 Å². The topological polar surface area (TPSA) is 39.9 Å². The predicted molar refractivity (Wildman–Crippen MR) is 78.8 cm³/mol. The molecule has 0 radical (unpaired) electrons. The SMILES string of the molecule is CCOC(C)n1cc(-c2ncccc2Cl)c(C2CC2)n1. The molecule has 3 rings (SSSR count). The van der Waals surface area contributed by atoms with Crippen molar-refractivity contribution in [1.29, 1.82) is 0 Å². The van der Waals surface area contributed by atoms with Crippen LogP contribution in [-0.2, 0) is 4.74 Å². The molecule has 4 nitrogen and oxygen atoms in total. The summed E-state index contributed by atoms with van der Waals surface area (Å²) in [6.07, 6.45) is 6.08. The largest absolute Gasteiger partial charge is 0.357 e. The minimum Gasteiger partial charge on any atom is -0.357 e. The van der Waals surface area contributed by atoms with Crippen LogP contribution in [-0.4, -0.2) is 21.4 Å². The highest BCUT2D eigenvalue weighted by atomic mass is 35.5. The normalized spacial score (nSPS) is 16.4. The molecule has 2 heterocycles. The Hall–Kier alpha value is -1.39. The highest BCUT2D eigenvalue weighted by Gasteiger charge is 2.31. The molecule has 0 bridgehead atoms. The molecule has 2 aromatic rings. The number of pyridine rings is 1. The average Bonchev–Trinajstić information content (AvgIpc) is 3.19. The van der Waals surface area contributed by atoms with Gasteiger partial charge in [0.2, 0.25) is 0 Å². The molecule has 1 unspecified atom stereocenters. The summed E-state index contributed by atoms with van der Waals surface area (Å²) in [5, 5.41) is 5.37. The summed E-state index contributed by atoms with van der Waals surface area (Å²) in [5.74, 6) is 0.540. The Labute approximate surface area is 123 Å². The van der Waals surface area contributed by atoms with Crippen LogP contribution in [0.4, 0.5) is 0 Å². The number of ether oxygens (including phenoxy) is 1. The van der Waals surface area contributed by atoms with Crippen molar-refractivity contribution in [2.24, 2.45) is 0 Å². The molecule has 0 saturated heterocycles. The number of hydrogen-bond acceptors (Lipinski definition) is 3. The van der Waals surface area contributed by atoms with E-state index in [9.17, 15) is 0 Å². The Morgan fingerprint density at radius 2 is 2.30 bits per heavy atom. The number of aromatic nitrogens is 3. The standard InChI is InChI=1S/C15H18ClN3O/c1-3-20-10(2)19-9-12(14(18-19)11-6-7-11)15-13(16)5-4-8-17-15/h4-5,8-11H,3,6-7H2,1-2H3. The molecular weight excluding hydrogens is 274 g/mol. The highest BCUT2D eigenvalue weighted by Crippen LogP contribution is 2.44. The van der Waals surface area contributed by atoms with E-state index in [4.69, 9.17) is 21.4 Å². The molecular formula is C15H18ClN3O. The first-order valence-electron chi connectivity index (χ1n) is 7.02. The molecule has 0 aliphatic heterocycles. The maximum atomic E-state index is 6.28. The summed E-state index contributed by atoms with van der Waals surface area (Å²) in [4.78, 5) is 4.41. The van der Waals surface area contributed by atoms with Crippen LogP contribution in [0.5, 0.6) is 0 Å². The van der Waals surface area contributed by atoms with Crippen molar-refractivity contribution in [3.8, 4) is 11.3 Å². The van der Waals surface area contributed by atoms with Crippen LogP contribution >= 0.6 is 11.6 Å². The first kappa shape index (κ1) is 13.6. The lowest BCUT2D eigenvalue weighted by Crippen LogP contribution is -2.09. The Morgan fingerprint density at radius 1 is 1.50 bits per heavy atom. The predicted octanol–water partition coefficient (Wildman–Crippen LogP) is 4.03. The van der Waals surface area contributed by atoms with Gasteiger partial charge in [0, 0.05) is 30.5 Å². The molecule has 0 amide bonds. The van der Waals surface area contributed by atoms with E-state index in [0.29, 0.717) is 17.5 Å². The van der Waals surface area contributed by atoms with E-state index >= 15 is 0 Å². The van der Waals surface area contributed by atoms with Gasteiger partial charge in [-0.2, -0.15) is 5.10 Å². The van der Waals surface area contributed by atoms with Crippen molar-refractivity contribution < 1.29 is 4.74 Å². The average molecular weight is 292 g/mol. The Balaban J connectivity index is 2.03. The molecule has 0 spiro atoms. The third-order valence-corrected chi connectivity index (χ3v) is 3.82. The molecule has 106 valence electrons. The molecule has 0 N–H and O–H groups in total. The van der Waals surface area contributed by atoms with Crippen molar-refractivity contribution in [2.45, 2.75) is 38.8 Å². The minimum atomic E-state index is -0.0752. The molecule has 0 aromatic carbocycles. The molecule has 1 fully saturated rings. The van der Waals surface area contributed by atoms with Crippen LogP contribution in [0.15, 0.2) is 24.5 Å². The van der Waals surface area contributed by atoms with Gasteiger partial charge < -0.3 is 4.74 Å². The number of halogens is 1. The fraction of sp³-hybridized carbons (Fsp3) is 0.467. The Kier molecular flexibility index (Phi) is 3.76.